The fourth-order valence-electron chi connectivity index (χ4n) is 1.66. The van der Waals surface area contributed by atoms with Crippen molar-refractivity contribution in [3.8, 4) is 11.5 Å². The van der Waals surface area contributed by atoms with Gasteiger partial charge in [0.2, 0.25) is 0 Å². The van der Waals surface area contributed by atoms with Crippen molar-refractivity contribution in [2.45, 2.75) is 20.3 Å². The quantitative estimate of drug-likeness (QED) is 0.738. The summed E-state index contributed by atoms with van der Waals surface area (Å²) in [5.41, 5.74) is 4.98. The lowest BCUT2D eigenvalue weighted by Crippen LogP contribution is -2.38. The Balaban J connectivity index is 2.50. The summed E-state index contributed by atoms with van der Waals surface area (Å²) in [6, 6.07) is 7.29. The van der Waals surface area contributed by atoms with Crippen LogP contribution >= 0.6 is 0 Å². The normalized spacial score (nSPS) is 13.4. The van der Waals surface area contributed by atoms with E-state index in [0.29, 0.717) is 19.6 Å². The van der Waals surface area contributed by atoms with Gasteiger partial charge in [0.25, 0.3) is 0 Å². The van der Waals surface area contributed by atoms with Crippen LogP contribution in [-0.4, -0.2) is 32.8 Å². The third-order valence-electron chi connectivity index (χ3n) is 3.20. The van der Waals surface area contributed by atoms with Gasteiger partial charge in [0, 0.05) is 6.54 Å². The van der Waals surface area contributed by atoms with Crippen LogP contribution in [-0.2, 0) is 9.53 Å². The molecule has 2 N–H and O–H groups in total. The zero-order valence-electron chi connectivity index (χ0n) is 12.3. The first kappa shape index (κ1) is 16.3. The molecule has 0 aliphatic rings. The molecule has 1 rings (SSSR count). The fraction of sp³-hybridized carbons (Fsp3) is 0.533. The van der Waals surface area contributed by atoms with Crippen LogP contribution in [0.3, 0.4) is 0 Å². The highest BCUT2D eigenvalue weighted by Gasteiger charge is 2.33. The Hall–Kier alpha value is -1.75. The molecular formula is C15H23NO4. The van der Waals surface area contributed by atoms with Crippen molar-refractivity contribution in [2.24, 2.45) is 11.1 Å². The molecule has 1 atom stereocenters. The number of hydrogen-bond acceptors (Lipinski definition) is 5. The Labute approximate surface area is 120 Å². The fourth-order valence-corrected chi connectivity index (χ4v) is 1.66. The van der Waals surface area contributed by atoms with Gasteiger partial charge in [-0.15, -0.1) is 0 Å². The van der Waals surface area contributed by atoms with E-state index in [-0.39, 0.29) is 12.5 Å². The molecule has 0 saturated carbocycles. The van der Waals surface area contributed by atoms with E-state index in [1.165, 1.54) is 0 Å². The zero-order valence-corrected chi connectivity index (χ0v) is 12.3. The second-order valence-corrected chi connectivity index (χ2v) is 4.76. The van der Waals surface area contributed by atoms with E-state index in [4.69, 9.17) is 19.9 Å². The van der Waals surface area contributed by atoms with Crippen LogP contribution in [0.1, 0.15) is 20.3 Å². The molecule has 0 heterocycles. The molecule has 0 radical (unpaired) electrons. The van der Waals surface area contributed by atoms with Gasteiger partial charge in [0.05, 0.1) is 25.7 Å². The van der Waals surface area contributed by atoms with Crippen molar-refractivity contribution >= 4 is 5.97 Å². The lowest BCUT2D eigenvalue weighted by atomic mass is 9.87. The molecule has 0 saturated heterocycles. The Morgan fingerprint density at radius 3 is 2.35 bits per heavy atom. The smallest absolute Gasteiger partial charge is 0.313 e. The monoisotopic (exact) mass is 281 g/mol. The van der Waals surface area contributed by atoms with Crippen molar-refractivity contribution in [3.63, 3.8) is 0 Å². The lowest BCUT2D eigenvalue weighted by molar-refractivity contribution is -0.154. The average molecular weight is 281 g/mol. The number of hydrogen-bond donors (Lipinski definition) is 1. The summed E-state index contributed by atoms with van der Waals surface area (Å²) in [7, 11) is 1.61. The average Bonchev–Trinajstić information content (AvgIpc) is 2.48. The third-order valence-corrected chi connectivity index (χ3v) is 3.20. The van der Waals surface area contributed by atoms with Crippen LogP contribution in [0.25, 0.3) is 0 Å². The Morgan fingerprint density at radius 2 is 1.85 bits per heavy atom. The molecule has 1 aromatic carbocycles. The lowest BCUT2D eigenvalue weighted by Gasteiger charge is -2.25. The molecule has 1 unspecified atom stereocenters. The number of carbonyl (C=O) groups excluding carboxylic acids is 1. The summed E-state index contributed by atoms with van der Waals surface area (Å²) in [4.78, 5) is 11.8. The molecule has 0 amide bonds. The molecule has 1 aromatic rings. The maximum absolute atomic E-state index is 11.8. The second-order valence-electron chi connectivity index (χ2n) is 4.76. The highest BCUT2D eigenvalue weighted by molar-refractivity contribution is 5.76. The third kappa shape index (κ3) is 4.42. The minimum absolute atomic E-state index is 0.234. The topological polar surface area (TPSA) is 70.8 Å². The van der Waals surface area contributed by atoms with Gasteiger partial charge in [0.1, 0.15) is 11.5 Å². The summed E-state index contributed by atoms with van der Waals surface area (Å²) in [6.45, 7) is 4.56. The van der Waals surface area contributed by atoms with E-state index in [9.17, 15) is 4.79 Å². The summed E-state index contributed by atoms with van der Waals surface area (Å²) in [5, 5.41) is 0. The minimum atomic E-state index is -0.706. The summed E-state index contributed by atoms with van der Waals surface area (Å²) < 4.78 is 15.7. The number of benzene rings is 1. The van der Waals surface area contributed by atoms with E-state index in [1.807, 2.05) is 24.3 Å². The van der Waals surface area contributed by atoms with Gasteiger partial charge in [-0.3, -0.25) is 4.79 Å². The number of esters is 1. The molecule has 0 aliphatic carbocycles. The van der Waals surface area contributed by atoms with Crippen LogP contribution in [0, 0.1) is 5.41 Å². The Kier molecular flexibility index (Phi) is 6.31. The van der Waals surface area contributed by atoms with E-state index in [2.05, 4.69) is 0 Å². The predicted octanol–water partition coefficient (Wildman–Crippen LogP) is 1.99. The summed E-state index contributed by atoms with van der Waals surface area (Å²) >= 11 is 0. The first-order valence-electron chi connectivity index (χ1n) is 6.70. The van der Waals surface area contributed by atoms with Gasteiger partial charge in [0.15, 0.2) is 0 Å². The first-order chi connectivity index (χ1) is 9.55. The van der Waals surface area contributed by atoms with Gasteiger partial charge in [-0.25, -0.2) is 0 Å². The molecule has 0 bridgehead atoms. The molecule has 0 fully saturated rings. The van der Waals surface area contributed by atoms with Crippen molar-refractivity contribution in [3.05, 3.63) is 24.3 Å². The van der Waals surface area contributed by atoms with E-state index in [1.54, 1.807) is 21.0 Å². The van der Waals surface area contributed by atoms with E-state index in [0.717, 1.165) is 11.5 Å². The van der Waals surface area contributed by atoms with Gasteiger partial charge in [-0.2, -0.15) is 0 Å². The van der Waals surface area contributed by atoms with Crippen molar-refractivity contribution in [1.29, 1.82) is 0 Å². The van der Waals surface area contributed by atoms with Crippen molar-refractivity contribution in [2.75, 3.05) is 26.9 Å². The van der Waals surface area contributed by atoms with E-state index < -0.39 is 5.41 Å². The number of methoxy groups -OCH3 is 1. The molecule has 5 nitrogen and oxygen atoms in total. The van der Waals surface area contributed by atoms with Crippen LogP contribution in [0.5, 0.6) is 11.5 Å². The molecular weight excluding hydrogens is 258 g/mol. The maximum Gasteiger partial charge on any atom is 0.313 e. The molecule has 0 aliphatic heterocycles. The van der Waals surface area contributed by atoms with Crippen LogP contribution in [0.2, 0.25) is 0 Å². The molecule has 0 spiro atoms. The van der Waals surface area contributed by atoms with Crippen LogP contribution in [0.15, 0.2) is 24.3 Å². The van der Waals surface area contributed by atoms with Gasteiger partial charge < -0.3 is 19.9 Å². The summed E-state index contributed by atoms with van der Waals surface area (Å²) in [5.74, 6) is 1.23. The predicted molar refractivity (Wildman–Crippen MR) is 76.9 cm³/mol. The Bertz CT molecular complexity index is 418. The van der Waals surface area contributed by atoms with E-state index >= 15 is 0 Å². The highest BCUT2D eigenvalue weighted by Crippen LogP contribution is 2.23. The molecule has 20 heavy (non-hydrogen) atoms. The van der Waals surface area contributed by atoms with Gasteiger partial charge in [-0.05, 0) is 44.5 Å². The van der Waals surface area contributed by atoms with Crippen LogP contribution < -0.4 is 15.2 Å². The summed E-state index contributed by atoms with van der Waals surface area (Å²) in [6.07, 6.45) is 0.508. The maximum atomic E-state index is 11.8. The number of rotatable bonds is 8. The molecule has 112 valence electrons. The number of nitrogens with two attached hydrogens (primary N) is 1. The van der Waals surface area contributed by atoms with Crippen molar-refractivity contribution in [1.82, 2.24) is 0 Å². The highest BCUT2D eigenvalue weighted by atomic mass is 16.5. The standard InChI is InChI=1S/C15H23NO4/c1-4-19-14(17)15(2,11-16)9-10-20-13-7-5-12(18-3)6-8-13/h5-8H,4,9-11,16H2,1-3H3. The molecule has 0 aromatic heterocycles. The first-order valence-corrected chi connectivity index (χ1v) is 6.70. The van der Waals surface area contributed by atoms with Crippen molar-refractivity contribution < 1.29 is 19.0 Å². The van der Waals surface area contributed by atoms with Gasteiger partial charge in [-0.1, -0.05) is 0 Å². The second kappa shape index (κ2) is 7.75. The number of carbonyl (C=O) groups is 1. The number of ether oxygens (including phenoxy) is 3. The minimum Gasteiger partial charge on any atom is -0.497 e. The SMILES string of the molecule is CCOC(=O)C(C)(CN)CCOc1ccc(OC)cc1. The van der Waals surface area contributed by atoms with Gasteiger partial charge >= 0.3 is 5.97 Å². The Morgan fingerprint density at radius 1 is 1.25 bits per heavy atom. The zero-order chi connectivity index (χ0) is 15.0. The largest absolute Gasteiger partial charge is 0.497 e. The molecule has 5 heteroatoms. The van der Waals surface area contributed by atoms with Crippen LogP contribution in [0.4, 0.5) is 0 Å².